The number of amides is 1. The highest BCUT2D eigenvalue weighted by Crippen LogP contribution is 2.32. The molecule has 25 heavy (non-hydrogen) atoms. The molecule has 0 saturated heterocycles. The van der Waals surface area contributed by atoms with Gasteiger partial charge in [0.1, 0.15) is 0 Å². The molecule has 0 fully saturated rings. The molecule has 0 aliphatic heterocycles. The Balaban J connectivity index is 2.16. The van der Waals surface area contributed by atoms with Crippen molar-refractivity contribution in [1.82, 2.24) is 5.32 Å². The van der Waals surface area contributed by atoms with Gasteiger partial charge in [0, 0.05) is 4.47 Å². The molecule has 130 valence electrons. The predicted octanol–water partition coefficient (Wildman–Crippen LogP) is 5.23. The minimum atomic E-state index is -1.17. The molecule has 0 radical (unpaired) electrons. The SMILES string of the molecule is O=C(O)c1cc(Cl)c(NC(=S)NC(=O)c2cc(Br)ccc2Cl)c(Cl)c1. The average molecular weight is 483 g/mol. The van der Waals surface area contributed by atoms with Gasteiger partial charge < -0.3 is 10.4 Å². The number of carbonyl (C=O) groups is 2. The molecule has 0 aliphatic rings. The summed E-state index contributed by atoms with van der Waals surface area (Å²) in [5.74, 6) is -1.70. The quantitative estimate of drug-likeness (QED) is 0.522. The Morgan fingerprint density at radius 3 is 2.20 bits per heavy atom. The smallest absolute Gasteiger partial charge is 0.335 e. The van der Waals surface area contributed by atoms with Crippen LogP contribution in [-0.2, 0) is 0 Å². The maximum atomic E-state index is 12.2. The van der Waals surface area contributed by atoms with E-state index in [-0.39, 0.29) is 37.0 Å². The van der Waals surface area contributed by atoms with Crippen molar-refractivity contribution in [3.05, 3.63) is 61.0 Å². The topological polar surface area (TPSA) is 78.4 Å². The molecule has 0 saturated carbocycles. The largest absolute Gasteiger partial charge is 0.478 e. The molecule has 0 atom stereocenters. The van der Waals surface area contributed by atoms with Crippen LogP contribution in [0.1, 0.15) is 20.7 Å². The van der Waals surface area contributed by atoms with E-state index in [1.807, 2.05) is 0 Å². The number of halogens is 4. The Morgan fingerprint density at radius 2 is 1.64 bits per heavy atom. The summed E-state index contributed by atoms with van der Waals surface area (Å²) in [6, 6.07) is 7.23. The van der Waals surface area contributed by atoms with E-state index < -0.39 is 11.9 Å². The van der Waals surface area contributed by atoms with Crippen LogP contribution >= 0.6 is 63.0 Å². The van der Waals surface area contributed by atoms with Crippen molar-refractivity contribution in [2.24, 2.45) is 0 Å². The molecule has 2 aromatic carbocycles. The molecule has 0 aliphatic carbocycles. The van der Waals surface area contributed by atoms with Crippen molar-refractivity contribution in [2.45, 2.75) is 0 Å². The van der Waals surface area contributed by atoms with Crippen molar-refractivity contribution in [1.29, 1.82) is 0 Å². The first-order valence-corrected chi connectivity index (χ1v) is 8.82. The van der Waals surface area contributed by atoms with E-state index in [0.717, 1.165) is 0 Å². The molecule has 10 heteroatoms. The van der Waals surface area contributed by atoms with E-state index in [9.17, 15) is 9.59 Å². The summed E-state index contributed by atoms with van der Waals surface area (Å²) in [5.41, 5.74) is 0.328. The van der Waals surface area contributed by atoms with Crippen molar-refractivity contribution in [3.63, 3.8) is 0 Å². The molecular weight excluding hydrogens is 475 g/mol. The van der Waals surface area contributed by atoms with Crippen LogP contribution < -0.4 is 10.6 Å². The summed E-state index contributed by atoms with van der Waals surface area (Å²) in [7, 11) is 0. The van der Waals surface area contributed by atoms with E-state index in [0.29, 0.717) is 4.47 Å². The number of anilines is 1. The highest BCUT2D eigenvalue weighted by atomic mass is 79.9. The highest BCUT2D eigenvalue weighted by molar-refractivity contribution is 9.10. The summed E-state index contributed by atoms with van der Waals surface area (Å²) in [4.78, 5) is 23.2. The minimum absolute atomic E-state index is 0.0435. The van der Waals surface area contributed by atoms with Crippen LogP contribution in [-0.4, -0.2) is 22.1 Å². The second kappa shape index (κ2) is 8.33. The number of carboxylic acid groups (broad SMARTS) is 1. The molecule has 3 N–H and O–H groups in total. The second-order valence-corrected chi connectivity index (χ2v) is 7.20. The molecular formula is C15H8BrCl3N2O3S. The standard InChI is InChI=1S/C15H8BrCl3N2O3S/c16-7-1-2-9(17)8(5-7)13(22)21-15(25)20-12-10(18)3-6(14(23)24)4-11(12)19/h1-5H,(H,23,24)(H2,20,21,22,25). The van der Waals surface area contributed by atoms with Gasteiger partial charge in [-0.05, 0) is 42.5 Å². The van der Waals surface area contributed by atoms with Gasteiger partial charge in [-0.1, -0.05) is 50.7 Å². The number of rotatable bonds is 3. The Morgan fingerprint density at radius 1 is 1.04 bits per heavy atom. The molecule has 0 aromatic heterocycles. The summed E-state index contributed by atoms with van der Waals surface area (Å²) in [6.07, 6.45) is 0. The van der Waals surface area contributed by atoms with Crippen molar-refractivity contribution >= 4 is 85.6 Å². The number of nitrogens with one attached hydrogen (secondary N) is 2. The number of carbonyl (C=O) groups excluding carboxylic acids is 1. The molecule has 2 rings (SSSR count). The summed E-state index contributed by atoms with van der Waals surface area (Å²) in [6.45, 7) is 0. The number of thiocarbonyl (C=S) groups is 1. The zero-order valence-electron chi connectivity index (χ0n) is 12.1. The Bertz CT molecular complexity index is 869. The zero-order valence-corrected chi connectivity index (χ0v) is 16.7. The lowest BCUT2D eigenvalue weighted by Crippen LogP contribution is -2.34. The monoisotopic (exact) mass is 480 g/mol. The van der Waals surface area contributed by atoms with E-state index in [1.54, 1.807) is 18.2 Å². The van der Waals surface area contributed by atoms with Crippen LogP contribution in [0.3, 0.4) is 0 Å². The lowest BCUT2D eigenvalue weighted by atomic mass is 10.2. The Labute approximate surface area is 171 Å². The fraction of sp³-hybridized carbons (Fsp3) is 0. The molecule has 1 amide bonds. The van der Waals surface area contributed by atoms with Gasteiger partial charge in [0.25, 0.3) is 5.91 Å². The van der Waals surface area contributed by atoms with Crippen LogP contribution in [0.4, 0.5) is 5.69 Å². The van der Waals surface area contributed by atoms with E-state index in [2.05, 4.69) is 26.6 Å². The lowest BCUT2D eigenvalue weighted by Gasteiger charge is -2.13. The first-order valence-electron chi connectivity index (χ1n) is 6.48. The third-order valence-corrected chi connectivity index (χ3v) is 4.55. The minimum Gasteiger partial charge on any atom is -0.478 e. The van der Waals surface area contributed by atoms with Crippen LogP contribution in [0.5, 0.6) is 0 Å². The van der Waals surface area contributed by atoms with Gasteiger partial charge in [0.15, 0.2) is 5.11 Å². The van der Waals surface area contributed by atoms with E-state index in [1.165, 1.54) is 12.1 Å². The number of hydrogen-bond acceptors (Lipinski definition) is 3. The van der Waals surface area contributed by atoms with Crippen LogP contribution in [0, 0.1) is 0 Å². The third-order valence-electron chi connectivity index (χ3n) is 2.93. The predicted molar refractivity (Wildman–Crippen MR) is 106 cm³/mol. The summed E-state index contributed by atoms with van der Waals surface area (Å²) < 4.78 is 0.677. The third kappa shape index (κ3) is 5.05. The fourth-order valence-electron chi connectivity index (χ4n) is 1.80. The van der Waals surface area contributed by atoms with Crippen molar-refractivity contribution < 1.29 is 14.7 Å². The highest BCUT2D eigenvalue weighted by Gasteiger charge is 2.16. The second-order valence-electron chi connectivity index (χ2n) is 4.65. The molecule has 5 nitrogen and oxygen atoms in total. The average Bonchev–Trinajstić information content (AvgIpc) is 2.52. The van der Waals surface area contributed by atoms with Gasteiger partial charge in [-0.3, -0.25) is 10.1 Å². The summed E-state index contributed by atoms with van der Waals surface area (Å²) >= 11 is 26.3. The number of hydrogen-bond donors (Lipinski definition) is 3. The first-order chi connectivity index (χ1) is 11.7. The van der Waals surface area contributed by atoms with Gasteiger partial charge in [-0.25, -0.2) is 4.79 Å². The fourth-order valence-corrected chi connectivity index (χ4v) is 3.14. The van der Waals surface area contributed by atoms with Crippen molar-refractivity contribution in [3.8, 4) is 0 Å². The van der Waals surface area contributed by atoms with Gasteiger partial charge in [0.2, 0.25) is 0 Å². The maximum absolute atomic E-state index is 12.2. The van der Waals surface area contributed by atoms with Crippen LogP contribution in [0.25, 0.3) is 0 Å². The number of aromatic carboxylic acids is 1. The first kappa shape index (κ1) is 19.9. The lowest BCUT2D eigenvalue weighted by molar-refractivity contribution is 0.0696. The van der Waals surface area contributed by atoms with Crippen LogP contribution in [0.2, 0.25) is 15.1 Å². The molecule has 0 bridgehead atoms. The van der Waals surface area contributed by atoms with Crippen LogP contribution in [0.15, 0.2) is 34.8 Å². The van der Waals surface area contributed by atoms with Gasteiger partial charge in [-0.15, -0.1) is 0 Å². The normalized spacial score (nSPS) is 10.2. The van der Waals surface area contributed by atoms with Gasteiger partial charge in [0.05, 0.1) is 31.9 Å². The molecule has 0 heterocycles. The van der Waals surface area contributed by atoms with Crippen molar-refractivity contribution in [2.75, 3.05) is 5.32 Å². The molecule has 2 aromatic rings. The summed E-state index contributed by atoms with van der Waals surface area (Å²) in [5, 5.41) is 14.3. The Kier molecular flexibility index (Phi) is 6.65. The number of benzene rings is 2. The molecule has 0 unspecified atom stereocenters. The van der Waals surface area contributed by atoms with E-state index >= 15 is 0 Å². The van der Waals surface area contributed by atoms with Gasteiger partial charge >= 0.3 is 5.97 Å². The van der Waals surface area contributed by atoms with E-state index in [4.69, 9.17) is 52.1 Å². The zero-order chi connectivity index (χ0) is 18.7. The number of carboxylic acids is 1. The maximum Gasteiger partial charge on any atom is 0.335 e. The molecule has 0 spiro atoms. The van der Waals surface area contributed by atoms with Gasteiger partial charge in [-0.2, -0.15) is 0 Å². The Hall–Kier alpha value is -1.38.